The third-order valence-corrected chi connectivity index (χ3v) is 5.78. The van der Waals surface area contributed by atoms with Gasteiger partial charge in [0.05, 0.1) is 0 Å². The molecule has 2 fully saturated rings. The van der Waals surface area contributed by atoms with Crippen LogP contribution in [0.3, 0.4) is 0 Å². The SMILES string of the molecule is CCN1CCCC1CNC(=NCC(=O)N(C)C)NC1CCN(c2ccccn2)C1.I. The number of halogens is 1. The highest BCUT2D eigenvalue weighted by Crippen LogP contribution is 2.18. The number of hydrogen-bond donors (Lipinski definition) is 2. The van der Waals surface area contributed by atoms with Gasteiger partial charge in [0.1, 0.15) is 12.4 Å². The highest BCUT2D eigenvalue weighted by Gasteiger charge is 2.26. The maximum Gasteiger partial charge on any atom is 0.243 e. The van der Waals surface area contributed by atoms with Gasteiger partial charge in [-0.2, -0.15) is 0 Å². The molecule has 8 nitrogen and oxygen atoms in total. The van der Waals surface area contributed by atoms with Crippen molar-refractivity contribution in [2.75, 3.05) is 58.3 Å². The fourth-order valence-corrected chi connectivity index (χ4v) is 4.02. The predicted octanol–water partition coefficient (Wildman–Crippen LogP) is 1.39. The van der Waals surface area contributed by atoms with Crippen LogP contribution in [0.5, 0.6) is 0 Å². The standard InChI is InChI=1S/C21H35N7O.HI/c1-4-27-12-7-8-18(27)14-23-21(24-15-20(29)26(2)3)25-17-10-13-28(16-17)19-9-5-6-11-22-19;/h5-6,9,11,17-18H,4,7-8,10,12-16H2,1-3H3,(H2,23,24,25);1H. The summed E-state index contributed by atoms with van der Waals surface area (Å²) in [6.45, 7) is 7.31. The van der Waals surface area contributed by atoms with Gasteiger partial charge in [-0.3, -0.25) is 9.69 Å². The quantitative estimate of drug-likeness (QED) is 0.316. The molecule has 0 bridgehead atoms. The molecule has 0 radical (unpaired) electrons. The zero-order valence-electron chi connectivity index (χ0n) is 18.4. The molecule has 0 aromatic carbocycles. The first-order chi connectivity index (χ1) is 14.1. The summed E-state index contributed by atoms with van der Waals surface area (Å²) >= 11 is 0. The lowest BCUT2D eigenvalue weighted by Crippen LogP contribution is -2.49. The van der Waals surface area contributed by atoms with E-state index in [0.717, 1.165) is 44.4 Å². The largest absolute Gasteiger partial charge is 0.355 e. The number of hydrogen-bond acceptors (Lipinski definition) is 5. The maximum atomic E-state index is 12.0. The number of nitrogens with zero attached hydrogens (tertiary/aromatic N) is 5. The van der Waals surface area contributed by atoms with E-state index < -0.39 is 0 Å². The van der Waals surface area contributed by atoms with Gasteiger partial charge < -0.3 is 20.4 Å². The van der Waals surface area contributed by atoms with E-state index in [9.17, 15) is 4.79 Å². The van der Waals surface area contributed by atoms with Gasteiger partial charge in [0.2, 0.25) is 5.91 Å². The Hall–Kier alpha value is -1.62. The van der Waals surface area contributed by atoms with Gasteiger partial charge in [0.15, 0.2) is 5.96 Å². The Morgan fingerprint density at radius 3 is 2.83 bits per heavy atom. The van der Waals surface area contributed by atoms with Gasteiger partial charge in [-0.15, -0.1) is 24.0 Å². The van der Waals surface area contributed by atoms with Crippen LogP contribution in [0.1, 0.15) is 26.2 Å². The van der Waals surface area contributed by atoms with Gasteiger partial charge in [-0.05, 0) is 44.5 Å². The first kappa shape index (κ1) is 24.6. The van der Waals surface area contributed by atoms with Crippen molar-refractivity contribution in [1.82, 2.24) is 25.4 Å². The van der Waals surface area contributed by atoms with Crippen LogP contribution in [0.4, 0.5) is 5.82 Å². The number of carbonyl (C=O) groups excluding carboxylic acids is 1. The predicted molar refractivity (Wildman–Crippen MR) is 133 cm³/mol. The van der Waals surface area contributed by atoms with Crippen LogP contribution in [0, 0.1) is 0 Å². The minimum Gasteiger partial charge on any atom is -0.355 e. The summed E-state index contributed by atoms with van der Waals surface area (Å²) < 4.78 is 0. The lowest BCUT2D eigenvalue weighted by molar-refractivity contribution is -0.127. The van der Waals surface area contributed by atoms with Crippen molar-refractivity contribution in [3.8, 4) is 0 Å². The molecule has 3 heterocycles. The molecular formula is C21H36IN7O. The molecule has 2 unspecified atom stereocenters. The number of carbonyl (C=O) groups is 1. The second-order valence-electron chi connectivity index (χ2n) is 8.02. The second-order valence-corrected chi connectivity index (χ2v) is 8.02. The molecule has 30 heavy (non-hydrogen) atoms. The number of amides is 1. The van der Waals surface area contributed by atoms with Crippen molar-refractivity contribution in [2.45, 2.75) is 38.3 Å². The van der Waals surface area contributed by atoms with Crippen molar-refractivity contribution in [3.63, 3.8) is 0 Å². The fourth-order valence-electron chi connectivity index (χ4n) is 4.02. The number of aliphatic imine (C=N–C) groups is 1. The van der Waals surface area contributed by atoms with Crippen molar-refractivity contribution in [1.29, 1.82) is 0 Å². The van der Waals surface area contributed by atoms with Crippen LogP contribution >= 0.6 is 24.0 Å². The Labute approximate surface area is 197 Å². The molecule has 2 saturated heterocycles. The third kappa shape index (κ3) is 6.97. The number of nitrogens with one attached hydrogen (secondary N) is 2. The second kappa shape index (κ2) is 12.3. The van der Waals surface area contributed by atoms with E-state index in [0.29, 0.717) is 6.04 Å². The van der Waals surface area contributed by atoms with E-state index in [4.69, 9.17) is 0 Å². The minimum atomic E-state index is 0. The van der Waals surface area contributed by atoms with Crippen LogP contribution in [0.15, 0.2) is 29.4 Å². The molecule has 2 aliphatic rings. The van der Waals surface area contributed by atoms with Crippen molar-refractivity contribution >= 4 is 41.7 Å². The molecule has 1 aromatic heterocycles. The lowest BCUT2D eigenvalue weighted by Gasteiger charge is -2.25. The average molecular weight is 529 g/mol. The van der Waals surface area contributed by atoms with E-state index in [1.165, 1.54) is 19.4 Å². The summed E-state index contributed by atoms with van der Waals surface area (Å²) in [5.74, 6) is 1.75. The van der Waals surface area contributed by atoms with Gasteiger partial charge in [-0.25, -0.2) is 9.98 Å². The fraction of sp³-hybridized carbons (Fsp3) is 0.667. The number of rotatable bonds is 7. The van der Waals surface area contributed by atoms with Crippen LogP contribution < -0.4 is 15.5 Å². The summed E-state index contributed by atoms with van der Waals surface area (Å²) in [6.07, 6.45) is 5.31. The number of pyridine rings is 1. The van der Waals surface area contributed by atoms with Crippen LogP contribution in [-0.4, -0.2) is 92.1 Å². The van der Waals surface area contributed by atoms with E-state index in [1.807, 2.05) is 24.4 Å². The number of anilines is 1. The maximum absolute atomic E-state index is 12.0. The highest BCUT2D eigenvalue weighted by molar-refractivity contribution is 14.0. The molecule has 168 valence electrons. The summed E-state index contributed by atoms with van der Waals surface area (Å²) in [5, 5.41) is 7.04. The monoisotopic (exact) mass is 529 g/mol. The number of likely N-dealkylation sites (N-methyl/N-ethyl adjacent to an activating group) is 2. The van der Waals surface area contributed by atoms with Gasteiger partial charge in [0, 0.05) is 52.0 Å². The Morgan fingerprint density at radius 2 is 2.13 bits per heavy atom. The highest BCUT2D eigenvalue weighted by atomic mass is 127. The Morgan fingerprint density at radius 1 is 1.30 bits per heavy atom. The molecule has 2 atom stereocenters. The van der Waals surface area contributed by atoms with Crippen molar-refractivity contribution in [2.24, 2.45) is 4.99 Å². The molecule has 0 saturated carbocycles. The molecule has 2 aliphatic heterocycles. The smallest absolute Gasteiger partial charge is 0.243 e. The number of aromatic nitrogens is 1. The molecule has 0 aliphatic carbocycles. The Kier molecular flexibility index (Phi) is 10.1. The number of likely N-dealkylation sites (tertiary alicyclic amines) is 1. The summed E-state index contributed by atoms with van der Waals surface area (Å²) in [5.41, 5.74) is 0. The zero-order valence-corrected chi connectivity index (χ0v) is 20.7. The first-order valence-electron chi connectivity index (χ1n) is 10.7. The zero-order chi connectivity index (χ0) is 20.6. The lowest BCUT2D eigenvalue weighted by atomic mass is 10.2. The summed E-state index contributed by atoms with van der Waals surface area (Å²) in [4.78, 5) is 27.4. The summed E-state index contributed by atoms with van der Waals surface area (Å²) in [6, 6.07) is 6.82. The van der Waals surface area contributed by atoms with Crippen molar-refractivity contribution in [3.05, 3.63) is 24.4 Å². The van der Waals surface area contributed by atoms with E-state index in [1.54, 1.807) is 19.0 Å². The topological polar surface area (TPSA) is 76.1 Å². The van der Waals surface area contributed by atoms with Crippen LogP contribution in [0.2, 0.25) is 0 Å². The van der Waals surface area contributed by atoms with Gasteiger partial charge >= 0.3 is 0 Å². The third-order valence-electron chi connectivity index (χ3n) is 5.78. The summed E-state index contributed by atoms with van der Waals surface area (Å²) in [7, 11) is 3.52. The van der Waals surface area contributed by atoms with E-state index >= 15 is 0 Å². The molecule has 0 spiro atoms. The molecule has 9 heteroatoms. The molecule has 1 amide bonds. The Balaban J connectivity index is 0.00000320. The van der Waals surface area contributed by atoms with E-state index in [-0.39, 0.29) is 42.5 Å². The van der Waals surface area contributed by atoms with Crippen LogP contribution in [0.25, 0.3) is 0 Å². The average Bonchev–Trinajstić information content (AvgIpc) is 3.39. The van der Waals surface area contributed by atoms with Crippen molar-refractivity contribution < 1.29 is 4.79 Å². The number of guanidine groups is 1. The van der Waals surface area contributed by atoms with E-state index in [2.05, 4.69) is 37.3 Å². The molecule has 1 aromatic rings. The van der Waals surface area contributed by atoms with Crippen LogP contribution in [-0.2, 0) is 4.79 Å². The minimum absolute atomic E-state index is 0. The van der Waals surface area contributed by atoms with Gasteiger partial charge in [-0.1, -0.05) is 13.0 Å². The normalized spacial score (nSPS) is 22.0. The molecule has 2 N–H and O–H groups in total. The molecule has 3 rings (SSSR count). The molecular weight excluding hydrogens is 493 g/mol. The Bertz CT molecular complexity index is 685. The first-order valence-corrected chi connectivity index (χ1v) is 10.7. The van der Waals surface area contributed by atoms with Gasteiger partial charge in [0.25, 0.3) is 0 Å².